The highest BCUT2D eigenvalue weighted by atomic mass is 16.5. The van der Waals surface area contributed by atoms with E-state index in [4.69, 9.17) is 9.26 Å². The Balaban J connectivity index is 1.56. The summed E-state index contributed by atoms with van der Waals surface area (Å²) in [6.45, 7) is 0.160. The van der Waals surface area contributed by atoms with Gasteiger partial charge in [-0.2, -0.15) is 0 Å². The first-order valence-electron chi connectivity index (χ1n) is 8.31. The molecule has 3 rings (SSSR count). The highest BCUT2D eigenvalue weighted by Gasteiger charge is 2.41. The van der Waals surface area contributed by atoms with E-state index >= 15 is 0 Å². The van der Waals surface area contributed by atoms with Crippen molar-refractivity contribution in [3.63, 3.8) is 0 Å². The molecule has 0 bridgehead atoms. The molecule has 0 unspecified atom stereocenters. The minimum absolute atomic E-state index is 0.103. The molecule has 0 radical (unpaired) electrons. The second-order valence-electron chi connectivity index (χ2n) is 6.20. The van der Waals surface area contributed by atoms with Crippen molar-refractivity contribution in [1.29, 1.82) is 0 Å². The molecule has 1 atom stereocenters. The Kier molecular flexibility index (Phi) is 5.11. The van der Waals surface area contributed by atoms with Crippen LogP contribution in [-0.2, 0) is 16.1 Å². The predicted molar refractivity (Wildman–Crippen MR) is 94.7 cm³/mol. The lowest BCUT2D eigenvalue weighted by atomic mass is 10.1. The van der Waals surface area contributed by atoms with Crippen molar-refractivity contribution >= 4 is 17.8 Å². The van der Waals surface area contributed by atoms with Gasteiger partial charge in [0, 0.05) is 25.7 Å². The van der Waals surface area contributed by atoms with Gasteiger partial charge in [0.2, 0.25) is 5.91 Å². The third kappa shape index (κ3) is 3.76. The minimum Gasteiger partial charge on any atom is -0.497 e. The first kappa shape index (κ1) is 18.4. The summed E-state index contributed by atoms with van der Waals surface area (Å²) in [4.78, 5) is 38.1. The molecule has 2 aromatic rings. The van der Waals surface area contributed by atoms with Crippen LogP contribution in [0.3, 0.4) is 0 Å². The fourth-order valence-corrected chi connectivity index (χ4v) is 2.80. The zero-order chi connectivity index (χ0) is 19.6. The number of nitrogens with zero attached hydrogens (tertiary/aromatic N) is 3. The number of nitrogens with one attached hydrogen (secondary N) is 1. The fraction of sp³-hybridized carbons (Fsp3) is 0.333. The quantitative estimate of drug-likeness (QED) is 0.765. The molecule has 142 valence electrons. The summed E-state index contributed by atoms with van der Waals surface area (Å²) in [5.41, 5.74) is 1.38. The maximum atomic E-state index is 12.1. The van der Waals surface area contributed by atoms with Gasteiger partial charge in [0.05, 0.1) is 20.1 Å². The Morgan fingerprint density at radius 2 is 1.96 bits per heavy atom. The number of methoxy groups -OCH3 is 1. The summed E-state index contributed by atoms with van der Waals surface area (Å²) in [7, 11) is 4.49. The van der Waals surface area contributed by atoms with E-state index in [9.17, 15) is 14.4 Å². The van der Waals surface area contributed by atoms with Crippen molar-refractivity contribution in [1.82, 2.24) is 20.3 Å². The van der Waals surface area contributed by atoms with E-state index in [1.54, 1.807) is 13.2 Å². The first-order valence-corrected chi connectivity index (χ1v) is 8.31. The van der Waals surface area contributed by atoms with Crippen LogP contribution < -0.4 is 10.1 Å². The van der Waals surface area contributed by atoms with Crippen LogP contribution in [0.25, 0.3) is 11.3 Å². The van der Waals surface area contributed by atoms with Crippen molar-refractivity contribution < 1.29 is 23.6 Å². The molecule has 1 saturated heterocycles. The van der Waals surface area contributed by atoms with E-state index in [-0.39, 0.29) is 24.8 Å². The monoisotopic (exact) mass is 372 g/mol. The predicted octanol–water partition coefficient (Wildman–Crippen LogP) is 1.25. The van der Waals surface area contributed by atoms with Crippen LogP contribution in [-0.4, -0.2) is 60.0 Å². The van der Waals surface area contributed by atoms with Crippen molar-refractivity contribution in [2.45, 2.75) is 19.0 Å². The van der Waals surface area contributed by atoms with Crippen LogP contribution in [0.4, 0.5) is 4.79 Å². The Bertz CT molecular complexity index is 861. The molecule has 1 aromatic heterocycles. The van der Waals surface area contributed by atoms with Crippen LogP contribution in [0.5, 0.6) is 5.75 Å². The number of imide groups is 1. The smallest absolute Gasteiger partial charge is 0.326 e. The molecular weight excluding hydrogens is 352 g/mol. The van der Waals surface area contributed by atoms with Gasteiger partial charge in [0.15, 0.2) is 5.76 Å². The molecule has 1 fully saturated rings. The zero-order valence-electron chi connectivity index (χ0n) is 15.3. The zero-order valence-corrected chi connectivity index (χ0v) is 15.3. The molecular formula is C18H20N4O5. The van der Waals surface area contributed by atoms with Gasteiger partial charge < -0.3 is 19.5 Å². The van der Waals surface area contributed by atoms with Crippen molar-refractivity contribution in [2.24, 2.45) is 0 Å². The average molecular weight is 372 g/mol. The lowest BCUT2D eigenvalue weighted by molar-refractivity contribution is -0.131. The highest BCUT2D eigenvalue weighted by molar-refractivity contribution is 6.05. The second kappa shape index (κ2) is 7.48. The van der Waals surface area contributed by atoms with E-state index in [2.05, 4.69) is 10.5 Å². The van der Waals surface area contributed by atoms with Crippen molar-refractivity contribution in [2.75, 3.05) is 21.2 Å². The Morgan fingerprint density at radius 1 is 1.26 bits per heavy atom. The van der Waals surface area contributed by atoms with E-state index in [0.717, 1.165) is 16.2 Å². The van der Waals surface area contributed by atoms with Gasteiger partial charge in [-0.05, 0) is 24.3 Å². The molecule has 0 saturated carbocycles. The van der Waals surface area contributed by atoms with Gasteiger partial charge in [-0.25, -0.2) is 4.79 Å². The molecule has 4 amide bonds. The molecule has 1 aliphatic heterocycles. The Hall–Kier alpha value is -3.36. The normalized spacial score (nSPS) is 16.8. The summed E-state index contributed by atoms with van der Waals surface area (Å²) in [5.74, 6) is 0.569. The number of hydrogen-bond donors (Lipinski definition) is 1. The maximum absolute atomic E-state index is 12.1. The first-order chi connectivity index (χ1) is 12.9. The summed E-state index contributed by atoms with van der Waals surface area (Å²) in [5, 5.41) is 6.62. The van der Waals surface area contributed by atoms with E-state index < -0.39 is 12.1 Å². The van der Waals surface area contributed by atoms with Crippen LogP contribution >= 0.6 is 0 Å². The van der Waals surface area contributed by atoms with Crippen LogP contribution in [0.1, 0.15) is 12.1 Å². The second-order valence-corrected chi connectivity index (χ2v) is 6.20. The number of hydrogen-bond acceptors (Lipinski definition) is 6. The lowest BCUT2D eigenvalue weighted by Crippen LogP contribution is -2.37. The van der Waals surface area contributed by atoms with Crippen LogP contribution in [0.2, 0.25) is 0 Å². The number of ether oxygens (including phenoxy) is 1. The number of rotatable bonds is 6. The van der Waals surface area contributed by atoms with Gasteiger partial charge in [-0.15, -0.1) is 0 Å². The third-order valence-corrected chi connectivity index (χ3v) is 4.45. The molecule has 0 spiro atoms. The van der Waals surface area contributed by atoms with Crippen LogP contribution in [0.15, 0.2) is 34.9 Å². The minimum atomic E-state index is -0.783. The van der Waals surface area contributed by atoms with E-state index in [1.807, 2.05) is 24.3 Å². The van der Waals surface area contributed by atoms with Crippen LogP contribution in [0, 0.1) is 0 Å². The number of likely N-dealkylation sites (N-methyl/N-ethyl adjacent to an activating group) is 2. The maximum Gasteiger partial charge on any atom is 0.326 e. The number of urea groups is 1. The Labute approximate surface area is 155 Å². The van der Waals surface area contributed by atoms with Gasteiger partial charge in [0.1, 0.15) is 17.5 Å². The van der Waals surface area contributed by atoms with Gasteiger partial charge in [-0.1, -0.05) is 5.16 Å². The summed E-state index contributed by atoms with van der Waals surface area (Å²) in [6, 6.07) is 7.84. The largest absolute Gasteiger partial charge is 0.497 e. The molecule has 9 heteroatoms. The SMILES string of the molecule is COc1ccc(-c2cc(CNC(=O)C[C@@H]3C(=O)N(C)C(=O)N3C)no2)cc1. The average Bonchev–Trinajstić information content (AvgIpc) is 3.23. The van der Waals surface area contributed by atoms with E-state index in [1.165, 1.54) is 19.0 Å². The Morgan fingerprint density at radius 3 is 2.56 bits per heavy atom. The number of aromatic nitrogens is 1. The standard InChI is InChI=1S/C18H20N4O5/c1-21-14(17(24)22(2)18(21)25)9-16(23)19-10-12-8-15(27-20-12)11-4-6-13(26-3)7-5-11/h4-8,14H,9-10H2,1-3H3,(H,19,23)/t14-/m1/s1. The highest BCUT2D eigenvalue weighted by Crippen LogP contribution is 2.23. The molecule has 1 aliphatic rings. The number of amides is 4. The molecule has 2 heterocycles. The summed E-state index contributed by atoms with van der Waals surface area (Å²) in [6.07, 6.45) is -0.103. The number of carbonyl (C=O) groups is 3. The summed E-state index contributed by atoms with van der Waals surface area (Å²) < 4.78 is 10.4. The molecule has 1 aromatic carbocycles. The topological polar surface area (TPSA) is 105 Å². The third-order valence-electron chi connectivity index (χ3n) is 4.45. The van der Waals surface area contributed by atoms with E-state index in [0.29, 0.717) is 11.5 Å². The van der Waals surface area contributed by atoms with Gasteiger partial charge >= 0.3 is 6.03 Å². The molecule has 0 aliphatic carbocycles. The fourth-order valence-electron chi connectivity index (χ4n) is 2.80. The van der Waals surface area contributed by atoms with Gasteiger partial charge in [0.25, 0.3) is 5.91 Å². The van der Waals surface area contributed by atoms with Crippen molar-refractivity contribution in [3.05, 3.63) is 36.0 Å². The number of carbonyl (C=O) groups excluding carboxylic acids is 3. The van der Waals surface area contributed by atoms with Crippen molar-refractivity contribution in [3.8, 4) is 17.1 Å². The van der Waals surface area contributed by atoms with Gasteiger partial charge in [-0.3, -0.25) is 14.5 Å². The molecule has 1 N–H and O–H groups in total. The molecule has 9 nitrogen and oxygen atoms in total. The summed E-state index contributed by atoms with van der Waals surface area (Å²) >= 11 is 0. The molecule has 27 heavy (non-hydrogen) atoms. The number of benzene rings is 1. The lowest BCUT2D eigenvalue weighted by Gasteiger charge is -2.15.